The Hall–Kier alpha value is -0.0400. The van der Waals surface area contributed by atoms with Crippen molar-refractivity contribution in [3.8, 4) is 0 Å². The smallest absolute Gasteiger partial charge is 0.0121 e. The zero-order valence-electron chi connectivity index (χ0n) is 12.0. The minimum Gasteiger partial charge on any atom is -0.310 e. The van der Waals surface area contributed by atoms with E-state index in [0.717, 1.165) is 29.8 Å². The van der Waals surface area contributed by atoms with Crippen LogP contribution in [0.3, 0.4) is 0 Å². The minimum atomic E-state index is 0.792. The molecule has 2 saturated carbocycles. The highest BCUT2D eigenvalue weighted by Gasteiger charge is 2.32. The fourth-order valence-electron chi connectivity index (χ4n) is 4.17. The van der Waals surface area contributed by atoms with E-state index in [2.05, 4.69) is 26.1 Å². The summed E-state index contributed by atoms with van der Waals surface area (Å²) in [6.07, 6.45) is 11.5. The summed E-state index contributed by atoms with van der Waals surface area (Å²) >= 11 is 0. The third-order valence-corrected chi connectivity index (χ3v) is 5.39. The first-order chi connectivity index (χ1) is 8.22. The van der Waals surface area contributed by atoms with Gasteiger partial charge in [0.15, 0.2) is 0 Å². The van der Waals surface area contributed by atoms with Gasteiger partial charge in [-0.2, -0.15) is 0 Å². The first-order valence-corrected chi connectivity index (χ1v) is 7.98. The molecule has 0 heterocycles. The van der Waals surface area contributed by atoms with Gasteiger partial charge in [-0.25, -0.2) is 0 Å². The first kappa shape index (κ1) is 13.4. The van der Waals surface area contributed by atoms with Crippen molar-refractivity contribution in [1.29, 1.82) is 0 Å². The van der Waals surface area contributed by atoms with Crippen LogP contribution in [0.15, 0.2) is 0 Å². The molecule has 4 atom stereocenters. The molecule has 0 aromatic rings. The fourth-order valence-corrected chi connectivity index (χ4v) is 4.17. The molecule has 0 aliphatic heterocycles. The number of nitrogens with one attached hydrogen (secondary N) is 1. The van der Waals surface area contributed by atoms with Crippen LogP contribution in [0.5, 0.6) is 0 Å². The fraction of sp³-hybridized carbons (Fsp3) is 1.00. The number of rotatable bonds is 3. The van der Waals surface area contributed by atoms with E-state index in [4.69, 9.17) is 0 Å². The molecule has 17 heavy (non-hydrogen) atoms. The van der Waals surface area contributed by atoms with E-state index in [9.17, 15) is 0 Å². The Morgan fingerprint density at radius 1 is 0.882 bits per heavy atom. The van der Waals surface area contributed by atoms with Crippen LogP contribution in [-0.4, -0.2) is 12.1 Å². The molecule has 1 N–H and O–H groups in total. The van der Waals surface area contributed by atoms with Crippen molar-refractivity contribution in [1.82, 2.24) is 5.32 Å². The molecule has 2 aliphatic rings. The van der Waals surface area contributed by atoms with E-state index in [-0.39, 0.29) is 0 Å². The third kappa shape index (κ3) is 3.24. The van der Waals surface area contributed by atoms with Gasteiger partial charge in [0.2, 0.25) is 0 Å². The van der Waals surface area contributed by atoms with Crippen molar-refractivity contribution in [3.63, 3.8) is 0 Å². The van der Waals surface area contributed by atoms with Gasteiger partial charge in [0.05, 0.1) is 0 Å². The Morgan fingerprint density at radius 2 is 1.53 bits per heavy atom. The van der Waals surface area contributed by atoms with Crippen LogP contribution in [0.2, 0.25) is 0 Å². The molecule has 0 bridgehead atoms. The van der Waals surface area contributed by atoms with E-state index in [1.165, 1.54) is 51.4 Å². The molecule has 2 aliphatic carbocycles. The summed E-state index contributed by atoms with van der Waals surface area (Å²) in [5.74, 6) is 2.72. The van der Waals surface area contributed by atoms with Gasteiger partial charge >= 0.3 is 0 Å². The van der Waals surface area contributed by atoms with Crippen molar-refractivity contribution >= 4 is 0 Å². The lowest BCUT2D eigenvalue weighted by molar-refractivity contribution is 0.151. The predicted molar refractivity (Wildman–Crippen MR) is 75.1 cm³/mol. The van der Waals surface area contributed by atoms with Crippen molar-refractivity contribution in [2.75, 3.05) is 0 Å². The van der Waals surface area contributed by atoms with Gasteiger partial charge < -0.3 is 5.32 Å². The van der Waals surface area contributed by atoms with E-state index in [0.29, 0.717) is 0 Å². The summed E-state index contributed by atoms with van der Waals surface area (Å²) in [5.41, 5.74) is 0. The molecular formula is C16H31N. The van der Waals surface area contributed by atoms with Gasteiger partial charge in [-0.3, -0.25) is 0 Å². The highest BCUT2D eigenvalue weighted by atomic mass is 15.0. The highest BCUT2D eigenvalue weighted by Crippen LogP contribution is 2.33. The summed E-state index contributed by atoms with van der Waals surface area (Å²) in [7, 11) is 0. The second-order valence-corrected chi connectivity index (χ2v) is 6.64. The Morgan fingerprint density at radius 3 is 2.18 bits per heavy atom. The Bertz CT molecular complexity index is 216. The van der Waals surface area contributed by atoms with Gasteiger partial charge in [0.25, 0.3) is 0 Å². The topological polar surface area (TPSA) is 12.0 Å². The Labute approximate surface area is 108 Å². The average Bonchev–Trinajstić information content (AvgIpc) is 2.34. The molecule has 1 nitrogen and oxygen atoms in total. The van der Waals surface area contributed by atoms with Crippen molar-refractivity contribution in [2.45, 2.75) is 84.2 Å². The predicted octanol–water partition coefficient (Wildman–Crippen LogP) is 4.37. The highest BCUT2D eigenvalue weighted by molar-refractivity contribution is 4.89. The standard InChI is InChI=1S/C16H31N/c1-4-14-10-5-6-11-15(14)17-16-12(2)8-7-9-13(16)3/h12-17H,4-11H2,1-3H3. The van der Waals surface area contributed by atoms with Gasteiger partial charge in [-0.1, -0.05) is 46.5 Å². The molecule has 0 radical (unpaired) electrons. The summed E-state index contributed by atoms with van der Waals surface area (Å²) in [6, 6.07) is 1.61. The Kier molecular flexibility index (Phi) is 4.90. The molecule has 4 unspecified atom stereocenters. The van der Waals surface area contributed by atoms with Gasteiger partial charge in [-0.15, -0.1) is 0 Å². The Balaban J connectivity index is 1.93. The van der Waals surface area contributed by atoms with Crippen molar-refractivity contribution in [2.24, 2.45) is 17.8 Å². The summed E-state index contributed by atoms with van der Waals surface area (Å²) in [6.45, 7) is 7.28. The molecule has 2 fully saturated rings. The van der Waals surface area contributed by atoms with Gasteiger partial charge in [0, 0.05) is 12.1 Å². The zero-order valence-corrected chi connectivity index (χ0v) is 12.0. The molecule has 1 heteroatoms. The zero-order chi connectivity index (χ0) is 12.3. The van der Waals surface area contributed by atoms with Crippen LogP contribution in [0.4, 0.5) is 0 Å². The summed E-state index contributed by atoms with van der Waals surface area (Å²) in [5, 5.41) is 4.06. The largest absolute Gasteiger partial charge is 0.310 e. The molecule has 0 spiro atoms. The average molecular weight is 237 g/mol. The third-order valence-electron chi connectivity index (χ3n) is 5.39. The molecule has 2 rings (SSSR count). The van der Waals surface area contributed by atoms with Crippen molar-refractivity contribution in [3.05, 3.63) is 0 Å². The van der Waals surface area contributed by atoms with E-state index >= 15 is 0 Å². The lowest BCUT2D eigenvalue weighted by atomic mass is 9.76. The van der Waals surface area contributed by atoms with Gasteiger partial charge in [0.1, 0.15) is 0 Å². The second-order valence-electron chi connectivity index (χ2n) is 6.64. The van der Waals surface area contributed by atoms with Crippen LogP contribution >= 0.6 is 0 Å². The maximum Gasteiger partial charge on any atom is 0.0121 e. The van der Waals surface area contributed by atoms with E-state index < -0.39 is 0 Å². The van der Waals surface area contributed by atoms with Crippen LogP contribution in [0, 0.1) is 17.8 Å². The van der Waals surface area contributed by atoms with E-state index in [1.54, 1.807) is 0 Å². The lowest BCUT2D eigenvalue weighted by Gasteiger charge is -2.41. The maximum absolute atomic E-state index is 4.06. The maximum atomic E-state index is 4.06. The minimum absolute atomic E-state index is 0.792. The first-order valence-electron chi connectivity index (χ1n) is 7.98. The number of hydrogen-bond acceptors (Lipinski definition) is 1. The molecule has 0 aromatic carbocycles. The van der Waals surface area contributed by atoms with Crippen LogP contribution in [0.1, 0.15) is 72.1 Å². The lowest BCUT2D eigenvalue weighted by Crippen LogP contribution is -2.50. The monoisotopic (exact) mass is 237 g/mol. The molecule has 0 amide bonds. The van der Waals surface area contributed by atoms with E-state index in [1.807, 2.05) is 0 Å². The van der Waals surface area contributed by atoms with Crippen LogP contribution in [-0.2, 0) is 0 Å². The second kappa shape index (κ2) is 6.22. The quantitative estimate of drug-likeness (QED) is 0.768. The molecule has 100 valence electrons. The number of hydrogen-bond donors (Lipinski definition) is 1. The summed E-state index contributed by atoms with van der Waals surface area (Å²) < 4.78 is 0. The molecular weight excluding hydrogens is 206 g/mol. The van der Waals surface area contributed by atoms with Crippen LogP contribution < -0.4 is 5.32 Å². The van der Waals surface area contributed by atoms with Gasteiger partial charge in [-0.05, 0) is 43.4 Å². The molecule has 0 aromatic heterocycles. The van der Waals surface area contributed by atoms with Crippen molar-refractivity contribution < 1.29 is 0 Å². The molecule has 0 saturated heterocycles. The SMILES string of the molecule is CCC1CCCCC1NC1C(C)CCCC1C. The van der Waals surface area contributed by atoms with Crippen LogP contribution in [0.25, 0.3) is 0 Å². The summed E-state index contributed by atoms with van der Waals surface area (Å²) in [4.78, 5) is 0. The normalized spacial score (nSPS) is 43.6.